The third kappa shape index (κ3) is 3.71. The Bertz CT molecular complexity index is 545. The number of aryl methyl sites for hydroxylation is 1. The van der Waals surface area contributed by atoms with E-state index in [0.29, 0.717) is 12.0 Å². The summed E-state index contributed by atoms with van der Waals surface area (Å²) in [5, 5.41) is 2.82. The molecule has 0 aliphatic carbocycles. The summed E-state index contributed by atoms with van der Waals surface area (Å²) < 4.78 is 29.1. The van der Waals surface area contributed by atoms with Crippen LogP contribution in [-0.2, 0) is 6.42 Å². The van der Waals surface area contributed by atoms with Gasteiger partial charge in [-0.2, -0.15) is 8.78 Å². The van der Waals surface area contributed by atoms with Crippen molar-refractivity contribution in [1.29, 1.82) is 0 Å². The van der Waals surface area contributed by atoms with E-state index in [0.717, 1.165) is 10.7 Å². The minimum atomic E-state index is -2.85. The van der Waals surface area contributed by atoms with Crippen molar-refractivity contribution in [3.63, 3.8) is 0 Å². The zero-order valence-corrected chi connectivity index (χ0v) is 11.2. The minimum absolute atomic E-state index is 0.123. The molecule has 6 heteroatoms. The summed E-state index contributed by atoms with van der Waals surface area (Å²) in [7, 11) is 0. The van der Waals surface area contributed by atoms with Crippen LogP contribution in [0.2, 0.25) is 0 Å². The number of nitrogens with zero attached hydrogens (tertiary/aromatic N) is 1. The van der Waals surface area contributed by atoms with Gasteiger partial charge in [-0.3, -0.25) is 0 Å². The number of halogens is 2. The van der Waals surface area contributed by atoms with E-state index in [1.165, 1.54) is 17.4 Å². The molecule has 0 amide bonds. The molecule has 1 aromatic heterocycles. The summed E-state index contributed by atoms with van der Waals surface area (Å²) in [5.74, 6) is 0.123. The molecule has 1 atom stereocenters. The first kappa shape index (κ1) is 13.9. The summed E-state index contributed by atoms with van der Waals surface area (Å²) in [6.07, 6.45) is 0.502. The summed E-state index contributed by atoms with van der Waals surface area (Å²) >= 11 is 1.51. The van der Waals surface area contributed by atoms with Gasteiger partial charge in [-0.25, -0.2) is 4.98 Å². The fraction of sp³-hybridized carbons (Fsp3) is 0.308. The van der Waals surface area contributed by atoms with Gasteiger partial charge in [0.2, 0.25) is 0 Å². The molecule has 2 N–H and O–H groups in total. The van der Waals surface area contributed by atoms with Gasteiger partial charge < -0.3 is 10.5 Å². The smallest absolute Gasteiger partial charge is 0.387 e. The second-order valence-electron chi connectivity index (χ2n) is 4.11. The van der Waals surface area contributed by atoms with Gasteiger partial charge in [0.15, 0.2) is 0 Å². The van der Waals surface area contributed by atoms with Crippen molar-refractivity contribution in [2.75, 3.05) is 0 Å². The lowest BCUT2D eigenvalue weighted by molar-refractivity contribution is -0.0506. The van der Waals surface area contributed by atoms with E-state index in [2.05, 4.69) is 9.72 Å². The van der Waals surface area contributed by atoms with Gasteiger partial charge >= 0.3 is 6.61 Å². The Labute approximate surface area is 114 Å². The zero-order chi connectivity index (χ0) is 13.8. The van der Waals surface area contributed by atoms with Crippen molar-refractivity contribution < 1.29 is 13.5 Å². The number of nitrogens with two attached hydrogens (primary N) is 1. The maximum atomic E-state index is 12.3. The van der Waals surface area contributed by atoms with Crippen LogP contribution in [0.1, 0.15) is 22.3 Å². The normalized spacial score (nSPS) is 12.7. The lowest BCUT2D eigenvalue weighted by Gasteiger charge is -2.15. The van der Waals surface area contributed by atoms with Crippen molar-refractivity contribution >= 4 is 11.3 Å². The van der Waals surface area contributed by atoms with Crippen molar-refractivity contribution in [2.24, 2.45) is 5.73 Å². The first-order chi connectivity index (χ1) is 9.06. The van der Waals surface area contributed by atoms with Crippen LogP contribution in [0.3, 0.4) is 0 Å². The minimum Gasteiger partial charge on any atom is -0.434 e. The van der Waals surface area contributed by atoms with Gasteiger partial charge in [0.05, 0.1) is 5.01 Å². The highest BCUT2D eigenvalue weighted by Crippen LogP contribution is 2.28. The molecule has 0 aliphatic rings. The molecule has 1 unspecified atom stereocenters. The third-order valence-corrected chi connectivity index (χ3v) is 3.58. The lowest BCUT2D eigenvalue weighted by Crippen LogP contribution is -2.15. The average Bonchev–Trinajstić information content (AvgIpc) is 2.74. The molecule has 1 heterocycles. The second kappa shape index (κ2) is 6.08. The number of thiazole rings is 1. The van der Waals surface area contributed by atoms with Crippen molar-refractivity contribution in [3.05, 3.63) is 45.9 Å². The first-order valence-corrected chi connectivity index (χ1v) is 6.64. The predicted molar refractivity (Wildman–Crippen MR) is 70.6 cm³/mol. The zero-order valence-electron chi connectivity index (χ0n) is 10.3. The highest BCUT2D eigenvalue weighted by molar-refractivity contribution is 7.09. The molecule has 0 radical (unpaired) electrons. The monoisotopic (exact) mass is 284 g/mol. The van der Waals surface area contributed by atoms with Crippen LogP contribution in [0.5, 0.6) is 5.75 Å². The molecule has 2 aromatic rings. The Morgan fingerprint density at radius 1 is 1.37 bits per heavy atom. The van der Waals surface area contributed by atoms with Crippen LogP contribution in [0.15, 0.2) is 29.6 Å². The van der Waals surface area contributed by atoms with E-state index in [4.69, 9.17) is 5.73 Å². The van der Waals surface area contributed by atoms with Gasteiger partial charge in [0, 0.05) is 29.1 Å². The fourth-order valence-corrected chi connectivity index (χ4v) is 2.62. The molecule has 19 heavy (non-hydrogen) atoms. The molecular weight excluding hydrogens is 270 g/mol. The molecule has 0 fully saturated rings. The summed E-state index contributed by atoms with van der Waals surface area (Å²) in [6, 6.07) is 6.17. The maximum absolute atomic E-state index is 12.3. The quantitative estimate of drug-likeness (QED) is 0.916. The number of hydrogen-bond donors (Lipinski definition) is 1. The summed E-state index contributed by atoms with van der Waals surface area (Å²) in [4.78, 5) is 4.32. The number of ether oxygens (including phenoxy) is 1. The van der Waals surface area contributed by atoms with Crippen LogP contribution in [-0.4, -0.2) is 11.6 Å². The van der Waals surface area contributed by atoms with E-state index in [9.17, 15) is 8.78 Å². The van der Waals surface area contributed by atoms with Crippen LogP contribution < -0.4 is 10.5 Å². The average molecular weight is 284 g/mol. The van der Waals surface area contributed by atoms with E-state index >= 15 is 0 Å². The van der Waals surface area contributed by atoms with Crippen LogP contribution in [0.25, 0.3) is 0 Å². The third-order valence-electron chi connectivity index (χ3n) is 2.60. The second-order valence-corrected chi connectivity index (χ2v) is 5.05. The molecule has 1 aromatic carbocycles. The summed E-state index contributed by atoms with van der Waals surface area (Å²) in [5.41, 5.74) is 7.55. The Hall–Kier alpha value is -1.53. The number of aromatic nitrogens is 1. The van der Waals surface area contributed by atoms with Crippen LogP contribution >= 0.6 is 11.3 Å². The van der Waals surface area contributed by atoms with Gasteiger partial charge in [-0.15, -0.1) is 11.3 Å². The standard InChI is InChI=1S/C13H14F2N2OS/c1-8-7-19-12(17-8)6-10(16)9-4-2-3-5-11(9)18-13(14)15/h2-5,7,10,13H,6,16H2,1H3. The Morgan fingerprint density at radius 3 is 2.74 bits per heavy atom. The fourth-order valence-electron chi connectivity index (χ4n) is 1.78. The lowest BCUT2D eigenvalue weighted by atomic mass is 10.0. The number of benzene rings is 1. The number of rotatable bonds is 5. The molecule has 3 nitrogen and oxygen atoms in total. The number of hydrogen-bond acceptors (Lipinski definition) is 4. The summed E-state index contributed by atoms with van der Waals surface area (Å²) in [6.45, 7) is -0.949. The van der Waals surface area contributed by atoms with E-state index < -0.39 is 12.7 Å². The van der Waals surface area contributed by atoms with E-state index in [1.807, 2.05) is 12.3 Å². The number of para-hydroxylation sites is 1. The number of alkyl halides is 2. The van der Waals surface area contributed by atoms with Crippen molar-refractivity contribution in [3.8, 4) is 5.75 Å². The first-order valence-electron chi connectivity index (χ1n) is 5.76. The largest absolute Gasteiger partial charge is 0.434 e. The molecule has 0 spiro atoms. The van der Waals surface area contributed by atoms with Crippen LogP contribution in [0, 0.1) is 6.92 Å². The molecular formula is C13H14F2N2OS. The van der Waals surface area contributed by atoms with Gasteiger partial charge in [0.25, 0.3) is 0 Å². The van der Waals surface area contributed by atoms with Gasteiger partial charge in [-0.05, 0) is 13.0 Å². The van der Waals surface area contributed by atoms with E-state index in [1.54, 1.807) is 18.2 Å². The SMILES string of the molecule is Cc1csc(CC(N)c2ccccc2OC(F)F)n1. The van der Waals surface area contributed by atoms with Crippen molar-refractivity contribution in [1.82, 2.24) is 4.98 Å². The van der Waals surface area contributed by atoms with Crippen LogP contribution in [0.4, 0.5) is 8.78 Å². The predicted octanol–water partition coefficient (Wildman–Crippen LogP) is 3.30. The Balaban J connectivity index is 2.16. The maximum Gasteiger partial charge on any atom is 0.387 e. The highest BCUT2D eigenvalue weighted by atomic mass is 32.1. The van der Waals surface area contributed by atoms with E-state index in [-0.39, 0.29) is 5.75 Å². The molecule has 0 saturated heterocycles. The van der Waals surface area contributed by atoms with Crippen molar-refractivity contribution in [2.45, 2.75) is 26.0 Å². The molecule has 0 saturated carbocycles. The van der Waals surface area contributed by atoms with Gasteiger partial charge in [-0.1, -0.05) is 18.2 Å². The topological polar surface area (TPSA) is 48.1 Å². The molecule has 102 valence electrons. The Morgan fingerprint density at radius 2 is 2.11 bits per heavy atom. The Kier molecular flexibility index (Phi) is 4.44. The highest BCUT2D eigenvalue weighted by Gasteiger charge is 2.16. The molecule has 2 rings (SSSR count). The van der Waals surface area contributed by atoms with Gasteiger partial charge in [0.1, 0.15) is 5.75 Å². The molecule has 0 bridgehead atoms. The molecule has 0 aliphatic heterocycles.